The van der Waals surface area contributed by atoms with Crippen molar-refractivity contribution in [2.75, 3.05) is 19.3 Å². The molecule has 1 unspecified atom stereocenters. The highest BCUT2D eigenvalue weighted by molar-refractivity contribution is 7.90. The highest BCUT2D eigenvalue weighted by Gasteiger charge is 2.26. The van der Waals surface area contributed by atoms with E-state index in [2.05, 4.69) is 0 Å². The summed E-state index contributed by atoms with van der Waals surface area (Å²) in [6.45, 7) is 1.14. The summed E-state index contributed by atoms with van der Waals surface area (Å²) in [6.07, 6.45) is 2.86. The van der Waals surface area contributed by atoms with Crippen molar-refractivity contribution in [2.24, 2.45) is 11.7 Å². The van der Waals surface area contributed by atoms with Gasteiger partial charge in [-0.3, -0.25) is 4.79 Å². The lowest BCUT2D eigenvalue weighted by Gasteiger charge is -2.32. The monoisotopic (exact) mass is 326 g/mol. The molecule has 0 aromatic heterocycles. The number of thiocarbonyl (C=S) groups is 1. The maximum atomic E-state index is 12.5. The maximum Gasteiger partial charge on any atom is 0.253 e. The van der Waals surface area contributed by atoms with E-state index < -0.39 is 9.84 Å². The van der Waals surface area contributed by atoms with Crippen LogP contribution < -0.4 is 5.73 Å². The van der Waals surface area contributed by atoms with E-state index >= 15 is 0 Å². The third-order valence-electron chi connectivity index (χ3n) is 3.62. The molecule has 1 saturated heterocycles. The first-order valence-electron chi connectivity index (χ1n) is 6.68. The molecule has 1 amide bonds. The van der Waals surface area contributed by atoms with Crippen LogP contribution in [0.1, 0.15) is 23.2 Å². The van der Waals surface area contributed by atoms with Crippen molar-refractivity contribution in [3.63, 3.8) is 0 Å². The van der Waals surface area contributed by atoms with Crippen LogP contribution in [0.2, 0.25) is 0 Å². The Balaban J connectivity index is 2.22. The standard InChI is InChI=1S/C14H18N2O3S2/c1-21(18,19)12-6-2-4-10(8-12)14(17)16-7-3-5-11(9-16)13(15)20/h2,4,6,8,11H,3,5,7,9H2,1H3,(H2,15,20). The van der Waals surface area contributed by atoms with Crippen molar-refractivity contribution < 1.29 is 13.2 Å². The Bertz CT molecular complexity index is 671. The van der Waals surface area contributed by atoms with E-state index in [-0.39, 0.29) is 16.7 Å². The Morgan fingerprint density at radius 1 is 1.43 bits per heavy atom. The highest BCUT2D eigenvalue weighted by atomic mass is 32.2. The van der Waals surface area contributed by atoms with E-state index in [4.69, 9.17) is 18.0 Å². The third kappa shape index (κ3) is 3.79. The average molecular weight is 326 g/mol. The minimum atomic E-state index is -3.33. The van der Waals surface area contributed by atoms with E-state index in [1.54, 1.807) is 17.0 Å². The molecule has 21 heavy (non-hydrogen) atoms. The van der Waals surface area contributed by atoms with Crippen LogP contribution in [0.3, 0.4) is 0 Å². The Kier molecular flexibility index (Phi) is 4.63. The summed E-state index contributed by atoms with van der Waals surface area (Å²) in [7, 11) is -3.33. The zero-order chi connectivity index (χ0) is 15.6. The van der Waals surface area contributed by atoms with Crippen LogP contribution in [0, 0.1) is 5.92 Å². The van der Waals surface area contributed by atoms with Gasteiger partial charge in [0, 0.05) is 30.8 Å². The van der Waals surface area contributed by atoms with Crippen LogP contribution in [0.5, 0.6) is 0 Å². The molecule has 1 heterocycles. The third-order valence-corrected chi connectivity index (χ3v) is 5.06. The lowest BCUT2D eigenvalue weighted by atomic mass is 9.97. The lowest BCUT2D eigenvalue weighted by molar-refractivity contribution is 0.0703. The molecular formula is C14H18N2O3S2. The zero-order valence-corrected chi connectivity index (χ0v) is 13.4. The molecule has 114 valence electrons. The first-order chi connectivity index (χ1) is 9.79. The van der Waals surface area contributed by atoms with Crippen LogP contribution in [-0.2, 0) is 9.84 Å². The van der Waals surface area contributed by atoms with Crippen LogP contribution in [0.25, 0.3) is 0 Å². The number of amides is 1. The summed E-state index contributed by atoms with van der Waals surface area (Å²) in [5.41, 5.74) is 6.04. The number of hydrogen-bond donors (Lipinski definition) is 1. The van der Waals surface area contributed by atoms with Gasteiger partial charge in [-0.2, -0.15) is 0 Å². The summed E-state index contributed by atoms with van der Waals surface area (Å²) in [4.78, 5) is 14.8. The first-order valence-corrected chi connectivity index (χ1v) is 8.97. The van der Waals surface area contributed by atoms with Crippen molar-refractivity contribution in [2.45, 2.75) is 17.7 Å². The molecule has 1 aliphatic heterocycles. The number of rotatable bonds is 3. The minimum Gasteiger partial charge on any atom is -0.393 e. The van der Waals surface area contributed by atoms with E-state index in [0.29, 0.717) is 23.6 Å². The molecule has 2 rings (SSSR count). The van der Waals surface area contributed by atoms with E-state index in [1.807, 2.05) is 0 Å². The highest BCUT2D eigenvalue weighted by Crippen LogP contribution is 2.20. The van der Waals surface area contributed by atoms with Gasteiger partial charge < -0.3 is 10.6 Å². The van der Waals surface area contributed by atoms with Gasteiger partial charge in [-0.05, 0) is 31.0 Å². The van der Waals surface area contributed by atoms with Crippen LogP contribution in [-0.4, -0.2) is 43.6 Å². The Morgan fingerprint density at radius 3 is 2.76 bits per heavy atom. The maximum absolute atomic E-state index is 12.5. The van der Waals surface area contributed by atoms with Gasteiger partial charge in [0.2, 0.25) is 0 Å². The Morgan fingerprint density at radius 2 is 2.14 bits per heavy atom. The summed E-state index contributed by atoms with van der Waals surface area (Å²) >= 11 is 5.00. The fraction of sp³-hybridized carbons (Fsp3) is 0.429. The second kappa shape index (κ2) is 6.11. The van der Waals surface area contributed by atoms with Crippen molar-refractivity contribution in [3.8, 4) is 0 Å². The number of nitrogens with zero attached hydrogens (tertiary/aromatic N) is 1. The van der Waals surface area contributed by atoms with Gasteiger partial charge >= 0.3 is 0 Å². The number of carbonyl (C=O) groups is 1. The molecular weight excluding hydrogens is 308 g/mol. The van der Waals surface area contributed by atoms with Crippen LogP contribution >= 0.6 is 12.2 Å². The molecule has 1 aromatic rings. The molecule has 2 N–H and O–H groups in total. The fourth-order valence-electron chi connectivity index (χ4n) is 2.44. The van der Waals surface area contributed by atoms with E-state index in [1.165, 1.54) is 12.1 Å². The molecule has 1 fully saturated rings. The van der Waals surface area contributed by atoms with Crippen molar-refractivity contribution in [1.29, 1.82) is 0 Å². The molecule has 0 aliphatic carbocycles. The van der Waals surface area contributed by atoms with E-state index in [9.17, 15) is 13.2 Å². The fourth-order valence-corrected chi connectivity index (χ4v) is 3.30. The molecule has 0 saturated carbocycles. The average Bonchev–Trinajstić information content (AvgIpc) is 2.46. The van der Waals surface area contributed by atoms with Gasteiger partial charge in [-0.25, -0.2) is 8.42 Å². The van der Waals surface area contributed by atoms with Crippen molar-refractivity contribution in [3.05, 3.63) is 29.8 Å². The molecule has 1 atom stereocenters. The second-order valence-corrected chi connectivity index (χ2v) is 7.78. The number of hydrogen-bond acceptors (Lipinski definition) is 4. The lowest BCUT2D eigenvalue weighted by Crippen LogP contribution is -2.43. The van der Waals surface area contributed by atoms with Gasteiger partial charge in [0.1, 0.15) is 0 Å². The largest absolute Gasteiger partial charge is 0.393 e. The molecule has 0 radical (unpaired) electrons. The predicted octanol–water partition coefficient (Wildman–Crippen LogP) is 1.23. The number of nitrogens with two attached hydrogens (primary N) is 1. The molecule has 5 nitrogen and oxygen atoms in total. The summed E-state index contributed by atoms with van der Waals surface area (Å²) in [5.74, 6) is -0.141. The number of piperidine rings is 1. The number of benzene rings is 1. The minimum absolute atomic E-state index is 0.0378. The summed E-state index contributed by atoms with van der Waals surface area (Å²) < 4.78 is 23.1. The molecule has 1 aromatic carbocycles. The topological polar surface area (TPSA) is 80.5 Å². The summed E-state index contributed by atoms with van der Waals surface area (Å²) in [6, 6.07) is 6.11. The summed E-state index contributed by atoms with van der Waals surface area (Å²) in [5, 5.41) is 0. The quantitative estimate of drug-likeness (QED) is 0.845. The Labute approximate surface area is 130 Å². The van der Waals surface area contributed by atoms with Gasteiger partial charge in [-0.15, -0.1) is 0 Å². The molecule has 0 bridgehead atoms. The normalized spacial score (nSPS) is 19.3. The molecule has 7 heteroatoms. The zero-order valence-electron chi connectivity index (χ0n) is 11.8. The first kappa shape index (κ1) is 15.9. The van der Waals surface area contributed by atoms with Gasteiger partial charge in [0.15, 0.2) is 9.84 Å². The van der Waals surface area contributed by atoms with Crippen LogP contribution in [0.15, 0.2) is 29.2 Å². The van der Waals surface area contributed by atoms with Crippen molar-refractivity contribution >= 4 is 33.0 Å². The number of sulfone groups is 1. The number of carbonyl (C=O) groups excluding carboxylic acids is 1. The van der Waals surface area contributed by atoms with Gasteiger partial charge in [-0.1, -0.05) is 18.3 Å². The second-order valence-electron chi connectivity index (χ2n) is 5.29. The predicted molar refractivity (Wildman–Crippen MR) is 85.0 cm³/mol. The molecule has 0 spiro atoms. The van der Waals surface area contributed by atoms with Gasteiger partial charge in [0.05, 0.1) is 9.88 Å². The SMILES string of the molecule is CS(=O)(=O)c1cccc(C(=O)N2CCCC(C(N)=S)C2)c1. The van der Waals surface area contributed by atoms with Crippen molar-refractivity contribution in [1.82, 2.24) is 4.90 Å². The number of likely N-dealkylation sites (tertiary alicyclic amines) is 1. The Hall–Kier alpha value is -1.47. The van der Waals surface area contributed by atoms with Gasteiger partial charge in [0.25, 0.3) is 5.91 Å². The smallest absolute Gasteiger partial charge is 0.253 e. The van der Waals surface area contributed by atoms with E-state index in [0.717, 1.165) is 19.1 Å². The van der Waals surface area contributed by atoms with Crippen LogP contribution in [0.4, 0.5) is 0 Å². The molecule has 1 aliphatic rings.